The van der Waals surface area contributed by atoms with Gasteiger partial charge in [0, 0.05) is 13.1 Å². The molecule has 2 rings (SSSR count). The molecule has 4 heteroatoms. The van der Waals surface area contributed by atoms with E-state index in [1.807, 2.05) is 31.3 Å². The van der Waals surface area contributed by atoms with E-state index < -0.39 is 0 Å². The molecule has 1 amide bonds. The van der Waals surface area contributed by atoms with Crippen molar-refractivity contribution in [2.75, 3.05) is 20.2 Å². The molecule has 1 aliphatic carbocycles. The molecule has 0 unspecified atom stereocenters. The molecule has 18 heavy (non-hydrogen) atoms. The second-order valence-electron chi connectivity index (χ2n) is 4.71. The quantitative estimate of drug-likeness (QED) is 0.765. The molecular formula is C14H20N2O2. The number of rotatable bonds is 7. The molecule has 98 valence electrons. The van der Waals surface area contributed by atoms with E-state index >= 15 is 0 Å². The summed E-state index contributed by atoms with van der Waals surface area (Å²) in [6.45, 7) is 1.68. The Kier molecular flexibility index (Phi) is 4.59. The van der Waals surface area contributed by atoms with Crippen molar-refractivity contribution >= 4 is 5.91 Å². The summed E-state index contributed by atoms with van der Waals surface area (Å²) in [7, 11) is 1.90. The molecule has 0 saturated heterocycles. The first-order valence-electron chi connectivity index (χ1n) is 6.41. The van der Waals surface area contributed by atoms with Crippen LogP contribution in [0.3, 0.4) is 0 Å². The van der Waals surface area contributed by atoms with E-state index in [0.717, 1.165) is 24.4 Å². The maximum atomic E-state index is 11.5. The molecule has 0 heterocycles. The standard InChI is InChI=1S/C14H20N2O2/c1-15-8-12-3-2-4-13(7-12)18-10-14(17)16-9-11-5-6-11/h2-4,7,11,15H,5-6,8-10H2,1H3,(H,16,17). The summed E-state index contributed by atoms with van der Waals surface area (Å²) in [4.78, 5) is 11.5. The van der Waals surface area contributed by atoms with Crippen molar-refractivity contribution in [2.24, 2.45) is 5.92 Å². The Balaban J connectivity index is 1.73. The number of ether oxygens (including phenoxy) is 1. The number of hydrogen-bond donors (Lipinski definition) is 2. The highest BCUT2D eigenvalue weighted by Gasteiger charge is 2.21. The van der Waals surface area contributed by atoms with Crippen LogP contribution in [-0.4, -0.2) is 26.1 Å². The molecule has 0 aromatic heterocycles. The molecule has 0 bridgehead atoms. The van der Waals surface area contributed by atoms with Gasteiger partial charge in [0.05, 0.1) is 0 Å². The van der Waals surface area contributed by atoms with E-state index in [0.29, 0.717) is 5.92 Å². The van der Waals surface area contributed by atoms with E-state index in [-0.39, 0.29) is 12.5 Å². The van der Waals surface area contributed by atoms with E-state index in [2.05, 4.69) is 10.6 Å². The predicted molar refractivity (Wildman–Crippen MR) is 70.4 cm³/mol. The molecule has 0 spiro atoms. The fourth-order valence-electron chi connectivity index (χ4n) is 1.73. The second-order valence-corrected chi connectivity index (χ2v) is 4.71. The van der Waals surface area contributed by atoms with Gasteiger partial charge in [-0.15, -0.1) is 0 Å². The van der Waals surface area contributed by atoms with Gasteiger partial charge in [0.2, 0.25) is 0 Å². The molecule has 1 fully saturated rings. The van der Waals surface area contributed by atoms with Crippen LogP contribution in [-0.2, 0) is 11.3 Å². The minimum Gasteiger partial charge on any atom is -0.484 e. The molecular weight excluding hydrogens is 228 g/mol. The summed E-state index contributed by atoms with van der Waals surface area (Å²) in [5, 5.41) is 5.96. The second kappa shape index (κ2) is 6.40. The fourth-order valence-corrected chi connectivity index (χ4v) is 1.73. The van der Waals surface area contributed by atoms with Crippen molar-refractivity contribution in [3.05, 3.63) is 29.8 Å². The fraction of sp³-hybridized carbons (Fsp3) is 0.500. The summed E-state index contributed by atoms with van der Waals surface area (Å²) in [6.07, 6.45) is 2.49. The van der Waals surface area contributed by atoms with Gasteiger partial charge in [-0.25, -0.2) is 0 Å². The Morgan fingerprint density at radius 3 is 3.00 bits per heavy atom. The highest BCUT2D eigenvalue weighted by Crippen LogP contribution is 2.27. The van der Waals surface area contributed by atoms with Crippen LogP contribution in [0.15, 0.2) is 24.3 Å². The lowest BCUT2D eigenvalue weighted by Crippen LogP contribution is -2.30. The Hall–Kier alpha value is -1.55. The van der Waals surface area contributed by atoms with Gasteiger partial charge in [-0.2, -0.15) is 0 Å². The molecule has 1 aromatic carbocycles. The van der Waals surface area contributed by atoms with Crippen molar-refractivity contribution in [3.63, 3.8) is 0 Å². The summed E-state index contributed by atoms with van der Waals surface area (Å²) < 4.78 is 5.47. The molecule has 1 aliphatic rings. The molecule has 1 aromatic rings. The molecule has 4 nitrogen and oxygen atoms in total. The highest BCUT2D eigenvalue weighted by molar-refractivity contribution is 5.77. The molecule has 1 saturated carbocycles. The minimum atomic E-state index is -0.0408. The van der Waals surface area contributed by atoms with Crippen molar-refractivity contribution in [1.29, 1.82) is 0 Å². The van der Waals surface area contributed by atoms with Gasteiger partial charge < -0.3 is 15.4 Å². The SMILES string of the molecule is CNCc1cccc(OCC(=O)NCC2CC2)c1. The Bertz CT molecular complexity index is 403. The number of hydrogen-bond acceptors (Lipinski definition) is 3. The molecule has 0 atom stereocenters. The first-order valence-corrected chi connectivity index (χ1v) is 6.41. The van der Waals surface area contributed by atoms with Gasteiger partial charge in [-0.1, -0.05) is 12.1 Å². The van der Waals surface area contributed by atoms with Crippen molar-refractivity contribution in [1.82, 2.24) is 10.6 Å². The number of carbonyl (C=O) groups is 1. The van der Waals surface area contributed by atoms with Crippen LogP contribution in [0.1, 0.15) is 18.4 Å². The van der Waals surface area contributed by atoms with E-state index in [1.165, 1.54) is 12.8 Å². The van der Waals surface area contributed by atoms with Crippen LogP contribution in [0.5, 0.6) is 5.75 Å². The zero-order valence-corrected chi connectivity index (χ0v) is 10.7. The van der Waals surface area contributed by atoms with E-state index in [4.69, 9.17) is 4.74 Å². The molecule has 0 aliphatic heterocycles. The van der Waals surface area contributed by atoms with Crippen LogP contribution in [0.25, 0.3) is 0 Å². The third-order valence-electron chi connectivity index (χ3n) is 2.93. The number of nitrogens with one attached hydrogen (secondary N) is 2. The van der Waals surface area contributed by atoms with Gasteiger partial charge in [0.1, 0.15) is 5.75 Å². The lowest BCUT2D eigenvalue weighted by Gasteiger charge is -2.08. The highest BCUT2D eigenvalue weighted by atomic mass is 16.5. The van der Waals surface area contributed by atoms with Crippen LogP contribution < -0.4 is 15.4 Å². The van der Waals surface area contributed by atoms with Crippen molar-refractivity contribution in [3.8, 4) is 5.75 Å². The molecule has 2 N–H and O–H groups in total. The largest absolute Gasteiger partial charge is 0.484 e. The smallest absolute Gasteiger partial charge is 0.257 e. The maximum Gasteiger partial charge on any atom is 0.257 e. The Morgan fingerprint density at radius 1 is 1.44 bits per heavy atom. The summed E-state index contributed by atoms with van der Waals surface area (Å²) in [6, 6.07) is 7.78. The Morgan fingerprint density at radius 2 is 2.28 bits per heavy atom. The zero-order chi connectivity index (χ0) is 12.8. The van der Waals surface area contributed by atoms with Gasteiger partial charge in [-0.3, -0.25) is 4.79 Å². The predicted octanol–water partition coefficient (Wildman–Crippen LogP) is 1.31. The van der Waals surface area contributed by atoms with Crippen LogP contribution in [0, 0.1) is 5.92 Å². The lowest BCUT2D eigenvalue weighted by atomic mass is 10.2. The first-order chi connectivity index (χ1) is 8.78. The topological polar surface area (TPSA) is 50.4 Å². The normalized spacial score (nSPS) is 14.3. The van der Waals surface area contributed by atoms with Gasteiger partial charge in [0.25, 0.3) is 5.91 Å². The summed E-state index contributed by atoms with van der Waals surface area (Å²) in [5.41, 5.74) is 1.15. The first kappa shape index (κ1) is 12.9. The number of amides is 1. The van der Waals surface area contributed by atoms with Crippen molar-refractivity contribution in [2.45, 2.75) is 19.4 Å². The van der Waals surface area contributed by atoms with Crippen LogP contribution in [0.4, 0.5) is 0 Å². The van der Waals surface area contributed by atoms with E-state index in [1.54, 1.807) is 0 Å². The Labute approximate surface area is 108 Å². The average molecular weight is 248 g/mol. The maximum absolute atomic E-state index is 11.5. The summed E-state index contributed by atoms with van der Waals surface area (Å²) >= 11 is 0. The minimum absolute atomic E-state index is 0.0408. The number of benzene rings is 1. The van der Waals surface area contributed by atoms with Gasteiger partial charge in [-0.05, 0) is 43.5 Å². The van der Waals surface area contributed by atoms with E-state index in [9.17, 15) is 4.79 Å². The lowest BCUT2D eigenvalue weighted by molar-refractivity contribution is -0.123. The average Bonchev–Trinajstić information content (AvgIpc) is 3.19. The van der Waals surface area contributed by atoms with Crippen LogP contribution >= 0.6 is 0 Å². The van der Waals surface area contributed by atoms with Crippen molar-refractivity contribution < 1.29 is 9.53 Å². The third kappa shape index (κ3) is 4.37. The monoisotopic (exact) mass is 248 g/mol. The summed E-state index contributed by atoms with van der Waals surface area (Å²) in [5.74, 6) is 1.40. The zero-order valence-electron chi connectivity index (χ0n) is 10.7. The van der Waals surface area contributed by atoms with Gasteiger partial charge >= 0.3 is 0 Å². The number of carbonyl (C=O) groups excluding carboxylic acids is 1. The molecule has 0 radical (unpaired) electrons. The van der Waals surface area contributed by atoms with Gasteiger partial charge in [0.15, 0.2) is 6.61 Å². The third-order valence-corrected chi connectivity index (χ3v) is 2.93. The van der Waals surface area contributed by atoms with Crippen LogP contribution in [0.2, 0.25) is 0 Å².